The van der Waals surface area contributed by atoms with Gasteiger partial charge in [-0.25, -0.2) is 0 Å². The number of carbonyl (C=O) groups is 4. The Bertz CT molecular complexity index is 1440. The molecule has 4 bridgehead atoms. The van der Waals surface area contributed by atoms with Crippen LogP contribution in [-0.2, 0) is 34.0 Å². The summed E-state index contributed by atoms with van der Waals surface area (Å²) in [6.07, 6.45) is 0.537. The van der Waals surface area contributed by atoms with Crippen molar-refractivity contribution in [2.75, 3.05) is 27.2 Å². The molecule has 1 aliphatic heterocycles. The highest BCUT2D eigenvalue weighted by Crippen LogP contribution is 2.29. The van der Waals surface area contributed by atoms with Gasteiger partial charge in [0.05, 0.1) is 32.5 Å². The number of hydrogen-bond acceptors (Lipinski definition) is 9. The number of likely N-dealkylation sites (N-methyl/N-ethyl adjacent to an activating group) is 1. The minimum Gasteiger partial charge on any atom is -0.493 e. The van der Waals surface area contributed by atoms with Crippen LogP contribution in [0.2, 0.25) is 0 Å². The van der Waals surface area contributed by atoms with E-state index in [4.69, 9.17) is 9.47 Å². The van der Waals surface area contributed by atoms with E-state index in [2.05, 4.69) is 26.3 Å². The van der Waals surface area contributed by atoms with E-state index >= 15 is 0 Å². The third-order valence-corrected chi connectivity index (χ3v) is 6.74. The first-order valence-corrected chi connectivity index (χ1v) is 13.7. The number of fused-ring (bicyclic) bond motifs is 4. The standard InChI is InChI=1S/C29H35N7O7/c1-18(37)26-28(40)31-22(13-19-7-5-4-6-8-19)27(39)30-11-12-36-15-21(33-34-36)17-43-24-14-20(9-10-23(24)42-3)29(41)35(2)16-25(38)32-26/h4-10,14-15,18,22,26,37H,11-13,16-17H2,1-3H3,(H,30,39)(H,31,40)(H,32,38)/t18-,22+,26+/m1/s1. The zero-order valence-corrected chi connectivity index (χ0v) is 24.1. The van der Waals surface area contributed by atoms with Gasteiger partial charge in [-0.05, 0) is 30.7 Å². The molecule has 4 N–H and O–H groups in total. The van der Waals surface area contributed by atoms with Crippen LogP contribution in [0.4, 0.5) is 0 Å². The third kappa shape index (κ3) is 8.29. The van der Waals surface area contributed by atoms with Crippen molar-refractivity contribution in [1.29, 1.82) is 0 Å². The zero-order chi connectivity index (χ0) is 30.9. The van der Waals surface area contributed by atoms with Crippen LogP contribution in [0.25, 0.3) is 0 Å². The van der Waals surface area contributed by atoms with Gasteiger partial charge in [-0.2, -0.15) is 0 Å². The second kappa shape index (κ2) is 14.3. The van der Waals surface area contributed by atoms with Crippen molar-refractivity contribution in [3.05, 3.63) is 71.5 Å². The highest BCUT2D eigenvalue weighted by atomic mass is 16.5. The number of nitrogens with zero attached hydrogens (tertiary/aromatic N) is 4. The lowest BCUT2D eigenvalue weighted by Crippen LogP contribution is -2.58. The second-order valence-corrected chi connectivity index (χ2v) is 10.1. The van der Waals surface area contributed by atoms with Gasteiger partial charge in [0.25, 0.3) is 5.91 Å². The van der Waals surface area contributed by atoms with Gasteiger partial charge in [-0.15, -0.1) is 5.10 Å². The number of hydrogen-bond donors (Lipinski definition) is 4. The summed E-state index contributed by atoms with van der Waals surface area (Å²) in [5.41, 5.74) is 1.54. The molecule has 4 rings (SSSR count). The van der Waals surface area contributed by atoms with Crippen LogP contribution in [-0.4, -0.2) is 94.1 Å². The Balaban J connectivity index is 1.61. The number of methoxy groups -OCH3 is 1. The number of ether oxygens (including phenoxy) is 2. The number of amides is 4. The smallest absolute Gasteiger partial charge is 0.254 e. The molecule has 1 aliphatic rings. The van der Waals surface area contributed by atoms with Crippen molar-refractivity contribution < 1.29 is 33.8 Å². The van der Waals surface area contributed by atoms with E-state index in [0.717, 1.165) is 10.5 Å². The molecule has 4 amide bonds. The Morgan fingerprint density at radius 1 is 1.09 bits per heavy atom. The molecule has 3 atom stereocenters. The lowest BCUT2D eigenvalue weighted by Gasteiger charge is -2.26. The van der Waals surface area contributed by atoms with Gasteiger partial charge in [0.2, 0.25) is 17.7 Å². The topological polar surface area (TPSA) is 177 Å². The first kappa shape index (κ1) is 31.0. The molecule has 0 radical (unpaired) electrons. The average Bonchev–Trinajstić information content (AvgIpc) is 3.45. The Labute approximate surface area is 248 Å². The van der Waals surface area contributed by atoms with Gasteiger partial charge in [-0.1, -0.05) is 35.5 Å². The number of aromatic nitrogens is 3. The number of benzene rings is 2. The van der Waals surface area contributed by atoms with Crippen LogP contribution in [0, 0.1) is 0 Å². The summed E-state index contributed by atoms with van der Waals surface area (Å²) in [4.78, 5) is 53.7. The monoisotopic (exact) mass is 593 g/mol. The first-order chi connectivity index (χ1) is 20.6. The molecule has 3 aromatic rings. The maximum absolute atomic E-state index is 13.3. The van der Waals surface area contributed by atoms with E-state index in [9.17, 15) is 24.3 Å². The maximum Gasteiger partial charge on any atom is 0.254 e. The van der Waals surface area contributed by atoms with E-state index in [1.807, 2.05) is 30.3 Å². The molecule has 1 aromatic heterocycles. The molecule has 2 aromatic carbocycles. The van der Waals surface area contributed by atoms with Crippen molar-refractivity contribution >= 4 is 23.6 Å². The average molecular weight is 594 g/mol. The number of aliphatic hydroxyl groups is 1. The highest BCUT2D eigenvalue weighted by molar-refractivity contribution is 5.98. The minimum atomic E-state index is -1.38. The quantitative estimate of drug-likeness (QED) is 0.315. The fraction of sp³-hybridized carbons (Fsp3) is 0.379. The molecular formula is C29H35N7O7. The number of carbonyl (C=O) groups excluding carboxylic acids is 4. The van der Waals surface area contributed by atoms with Crippen molar-refractivity contribution in [3.63, 3.8) is 0 Å². The Hall–Kier alpha value is -4.98. The predicted molar refractivity (Wildman–Crippen MR) is 153 cm³/mol. The molecule has 0 aliphatic carbocycles. The Morgan fingerprint density at radius 3 is 2.58 bits per heavy atom. The van der Waals surface area contributed by atoms with Crippen molar-refractivity contribution in [3.8, 4) is 11.5 Å². The van der Waals surface area contributed by atoms with E-state index in [1.165, 1.54) is 37.9 Å². The van der Waals surface area contributed by atoms with Gasteiger partial charge in [0.1, 0.15) is 24.4 Å². The molecular weight excluding hydrogens is 558 g/mol. The largest absolute Gasteiger partial charge is 0.493 e. The summed E-state index contributed by atoms with van der Waals surface area (Å²) in [5, 5.41) is 26.5. The highest BCUT2D eigenvalue weighted by Gasteiger charge is 2.30. The van der Waals surface area contributed by atoms with Crippen LogP contribution in [0.1, 0.15) is 28.5 Å². The molecule has 228 valence electrons. The summed E-state index contributed by atoms with van der Waals surface area (Å²) in [6, 6.07) is 11.3. The number of aliphatic hydroxyl groups excluding tert-OH is 1. The van der Waals surface area contributed by atoms with E-state index in [1.54, 1.807) is 12.3 Å². The lowest BCUT2D eigenvalue weighted by molar-refractivity contribution is -0.134. The molecule has 2 heterocycles. The van der Waals surface area contributed by atoms with Crippen molar-refractivity contribution in [1.82, 2.24) is 35.8 Å². The molecule has 0 saturated heterocycles. The van der Waals surface area contributed by atoms with Crippen LogP contribution in [0.3, 0.4) is 0 Å². The second-order valence-electron chi connectivity index (χ2n) is 10.1. The third-order valence-electron chi connectivity index (χ3n) is 6.74. The summed E-state index contributed by atoms with van der Waals surface area (Å²) in [7, 11) is 2.90. The maximum atomic E-state index is 13.3. The summed E-state index contributed by atoms with van der Waals surface area (Å²) < 4.78 is 12.8. The molecule has 0 spiro atoms. The molecule has 14 heteroatoms. The van der Waals surface area contributed by atoms with Gasteiger partial charge in [0.15, 0.2) is 11.5 Å². The fourth-order valence-electron chi connectivity index (χ4n) is 4.46. The van der Waals surface area contributed by atoms with Crippen LogP contribution in [0.5, 0.6) is 11.5 Å². The fourth-order valence-corrected chi connectivity index (χ4v) is 4.46. The van der Waals surface area contributed by atoms with E-state index in [0.29, 0.717) is 11.4 Å². The van der Waals surface area contributed by atoms with Gasteiger partial charge < -0.3 is 35.4 Å². The van der Waals surface area contributed by atoms with Crippen molar-refractivity contribution in [2.45, 2.75) is 44.7 Å². The number of rotatable bonds is 4. The Kier molecular flexibility index (Phi) is 10.3. The Morgan fingerprint density at radius 2 is 1.86 bits per heavy atom. The SMILES string of the molecule is COc1ccc2cc1OCc1cn(nn1)CCNC(=O)[C@H](Cc1ccccc1)NC(=O)[C@H]([C@@H](C)O)NC(=O)CN(C)C2=O. The summed E-state index contributed by atoms with van der Waals surface area (Å²) in [6.45, 7) is 1.44. The molecule has 14 nitrogen and oxygen atoms in total. The van der Waals surface area contributed by atoms with Crippen molar-refractivity contribution in [2.24, 2.45) is 0 Å². The first-order valence-electron chi connectivity index (χ1n) is 13.7. The number of nitrogens with one attached hydrogen (secondary N) is 3. The predicted octanol–water partition coefficient (Wildman–Crippen LogP) is -0.339. The van der Waals surface area contributed by atoms with Crippen LogP contribution < -0.4 is 25.4 Å². The van der Waals surface area contributed by atoms with Gasteiger partial charge >= 0.3 is 0 Å². The lowest BCUT2D eigenvalue weighted by atomic mass is 10.0. The molecule has 0 saturated carbocycles. The van der Waals surface area contributed by atoms with Crippen LogP contribution in [0.15, 0.2) is 54.7 Å². The van der Waals surface area contributed by atoms with Gasteiger partial charge in [0, 0.05) is 25.6 Å². The summed E-state index contributed by atoms with van der Waals surface area (Å²) in [5.74, 6) is -1.71. The normalized spacial score (nSPS) is 19.7. The van der Waals surface area contributed by atoms with Gasteiger partial charge in [-0.3, -0.25) is 23.9 Å². The molecule has 43 heavy (non-hydrogen) atoms. The van der Waals surface area contributed by atoms with Crippen LogP contribution >= 0.6 is 0 Å². The molecule has 0 fully saturated rings. The zero-order valence-electron chi connectivity index (χ0n) is 24.1. The minimum absolute atomic E-state index is 0.0323. The van der Waals surface area contributed by atoms with E-state index in [-0.39, 0.29) is 37.4 Å². The molecule has 0 unspecified atom stereocenters. The van der Waals surface area contributed by atoms with E-state index < -0.39 is 48.4 Å². The summed E-state index contributed by atoms with van der Waals surface area (Å²) >= 11 is 0.